The van der Waals surface area contributed by atoms with Crippen LogP contribution in [-0.4, -0.2) is 66.6 Å². The van der Waals surface area contributed by atoms with E-state index in [1.54, 1.807) is 4.90 Å². The Morgan fingerprint density at radius 2 is 2.05 bits per heavy atom. The van der Waals surface area contributed by atoms with Gasteiger partial charge < -0.3 is 15.1 Å². The van der Waals surface area contributed by atoms with E-state index in [0.717, 1.165) is 6.42 Å². The molecule has 0 aliphatic carbocycles. The molecule has 9 heteroatoms. The summed E-state index contributed by atoms with van der Waals surface area (Å²) in [7, 11) is 0. The van der Waals surface area contributed by atoms with Crippen LogP contribution in [-0.2, 0) is 9.59 Å². The van der Waals surface area contributed by atoms with E-state index in [-0.39, 0.29) is 37.4 Å². The minimum absolute atomic E-state index is 0. The highest BCUT2D eigenvalue weighted by Gasteiger charge is 2.36. The van der Waals surface area contributed by atoms with Crippen LogP contribution in [0.3, 0.4) is 0 Å². The number of halogens is 4. The van der Waals surface area contributed by atoms with Crippen LogP contribution in [0.25, 0.3) is 0 Å². The summed E-state index contributed by atoms with van der Waals surface area (Å²) in [5.74, 6) is -0.948. The highest BCUT2D eigenvalue weighted by molar-refractivity contribution is 5.85. The van der Waals surface area contributed by atoms with Gasteiger partial charge in [-0.1, -0.05) is 0 Å². The summed E-state index contributed by atoms with van der Waals surface area (Å²) in [5, 5.41) is 2.95. The van der Waals surface area contributed by atoms with Gasteiger partial charge in [0.25, 0.3) is 0 Å². The minimum atomic E-state index is -4.48. The summed E-state index contributed by atoms with van der Waals surface area (Å²) in [6, 6.07) is -0.157. The van der Waals surface area contributed by atoms with Crippen LogP contribution in [0.5, 0.6) is 0 Å². The number of likely N-dealkylation sites (tertiary alicyclic amines) is 1. The number of rotatable bonds is 2. The standard InChI is InChI=1S/C12H18F3N3O2.ClH/c13-12(14,15)6-10(19)17-4-1-2-9(8-17)18-5-3-16-7-11(18)20;/h9,16H,1-8H2;1H. The Hall–Kier alpha value is -1.02. The van der Waals surface area contributed by atoms with Crippen molar-refractivity contribution in [3.05, 3.63) is 0 Å². The second-order valence-corrected chi connectivity index (χ2v) is 5.19. The molecule has 0 spiro atoms. The Morgan fingerprint density at radius 3 is 2.67 bits per heavy atom. The number of piperidine rings is 1. The molecule has 2 rings (SSSR count). The molecular formula is C12H19ClF3N3O2. The molecule has 0 radical (unpaired) electrons. The molecule has 21 heavy (non-hydrogen) atoms. The third kappa shape index (κ3) is 5.03. The van der Waals surface area contributed by atoms with Gasteiger partial charge >= 0.3 is 6.18 Å². The molecule has 0 aromatic carbocycles. The Balaban J connectivity index is 0.00000220. The van der Waals surface area contributed by atoms with Crippen molar-refractivity contribution in [2.45, 2.75) is 31.5 Å². The van der Waals surface area contributed by atoms with Crippen molar-refractivity contribution in [1.29, 1.82) is 0 Å². The molecule has 5 nitrogen and oxygen atoms in total. The number of alkyl halides is 3. The summed E-state index contributed by atoms with van der Waals surface area (Å²) in [5.41, 5.74) is 0. The van der Waals surface area contributed by atoms with Gasteiger partial charge in [0.2, 0.25) is 11.8 Å². The topological polar surface area (TPSA) is 52.7 Å². The number of carbonyl (C=O) groups is 2. The van der Waals surface area contributed by atoms with E-state index in [1.165, 1.54) is 4.90 Å². The molecule has 2 heterocycles. The predicted octanol–water partition coefficient (Wildman–Crippen LogP) is 0.783. The van der Waals surface area contributed by atoms with Gasteiger partial charge in [0.05, 0.1) is 6.54 Å². The molecule has 0 aromatic heterocycles. The van der Waals surface area contributed by atoms with Crippen molar-refractivity contribution < 1.29 is 22.8 Å². The van der Waals surface area contributed by atoms with Crippen LogP contribution in [0.2, 0.25) is 0 Å². The van der Waals surface area contributed by atoms with Gasteiger partial charge in [-0.25, -0.2) is 0 Å². The quantitative estimate of drug-likeness (QED) is 0.815. The van der Waals surface area contributed by atoms with E-state index in [0.29, 0.717) is 26.1 Å². The number of nitrogens with zero attached hydrogens (tertiary/aromatic N) is 2. The molecule has 2 aliphatic rings. The predicted molar refractivity (Wildman–Crippen MR) is 72.1 cm³/mol. The van der Waals surface area contributed by atoms with Gasteiger partial charge in [-0.15, -0.1) is 12.4 Å². The lowest BCUT2D eigenvalue weighted by molar-refractivity contribution is -0.163. The molecule has 2 saturated heterocycles. The van der Waals surface area contributed by atoms with E-state index < -0.39 is 18.5 Å². The summed E-state index contributed by atoms with van der Waals surface area (Å²) in [6.45, 7) is 2.03. The Kier molecular flexibility index (Phi) is 6.27. The lowest BCUT2D eigenvalue weighted by Crippen LogP contribution is -2.57. The largest absolute Gasteiger partial charge is 0.397 e. The van der Waals surface area contributed by atoms with Crippen LogP contribution < -0.4 is 5.32 Å². The summed E-state index contributed by atoms with van der Waals surface area (Å²) in [6.07, 6.45) is -4.53. The minimum Gasteiger partial charge on any atom is -0.340 e. The molecule has 0 bridgehead atoms. The fraction of sp³-hybridized carbons (Fsp3) is 0.833. The van der Waals surface area contributed by atoms with E-state index in [9.17, 15) is 22.8 Å². The molecule has 0 saturated carbocycles. The van der Waals surface area contributed by atoms with Crippen LogP contribution >= 0.6 is 12.4 Å². The second kappa shape index (κ2) is 7.31. The third-order valence-electron chi connectivity index (χ3n) is 3.67. The van der Waals surface area contributed by atoms with E-state index in [1.807, 2.05) is 0 Å². The number of hydrogen-bond acceptors (Lipinski definition) is 3. The zero-order chi connectivity index (χ0) is 14.8. The Bertz CT molecular complexity index is 392. The maximum atomic E-state index is 12.3. The molecular weight excluding hydrogens is 311 g/mol. The number of amides is 2. The normalized spacial score (nSPS) is 23.8. The monoisotopic (exact) mass is 329 g/mol. The lowest BCUT2D eigenvalue weighted by Gasteiger charge is -2.41. The van der Waals surface area contributed by atoms with Gasteiger partial charge in [0.1, 0.15) is 6.42 Å². The van der Waals surface area contributed by atoms with Crippen LogP contribution in [0.4, 0.5) is 13.2 Å². The SMILES string of the molecule is Cl.O=C(CC(F)(F)F)N1CCCC(N2CCNCC2=O)C1. The Morgan fingerprint density at radius 1 is 1.33 bits per heavy atom. The number of carbonyl (C=O) groups excluding carboxylic acids is 2. The first-order chi connectivity index (χ1) is 9.37. The van der Waals surface area contributed by atoms with Gasteiger partial charge in [-0.3, -0.25) is 9.59 Å². The molecule has 1 unspecified atom stereocenters. The summed E-state index contributed by atoms with van der Waals surface area (Å²) in [4.78, 5) is 26.3. The van der Waals surface area contributed by atoms with E-state index in [4.69, 9.17) is 0 Å². The maximum Gasteiger partial charge on any atom is 0.397 e. The first-order valence-corrected chi connectivity index (χ1v) is 6.71. The Labute approximate surface area is 127 Å². The fourth-order valence-corrected chi connectivity index (χ4v) is 2.73. The highest BCUT2D eigenvalue weighted by Crippen LogP contribution is 2.23. The van der Waals surface area contributed by atoms with Crippen molar-refractivity contribution >= 4 is 24.2 Å². The molecule has 2 fully saturated rings. The zero-order valence-electron chi connectivity index (χ0n) is 11.5. The molecule has 2 amide bonds. The summed E-state index contributed by atoms with van der Waals surface area (Å²) >= 11 is 0. The van der Waals surface area contributed by atoms with Gasteiger partial charge in [0.15, 0.2) is 0 Å². The first kappa shape index (κ1) is 18.0. The van der Waals surface area contributed by atoms with Crippen LogP contribution in [0, 0.1) is 0 Å². The average Bonchev–Trinajstić information content (AvgIpc) is 2.37. The molecule has 1 N–H and O–H groups in total. The number of piperazine rings is 1. The van der Waals surface area contributed by atoms with Crippen molar-refractivity contribution in [2.75, 3.05) is 32.7 Å². The van der Waals surface area contributed by atoms with Crippen LogP contribution in [0.1, 0.15) is 19.3 Å². The lowest BCUT2D eigenvalue weighted by atomic mass is 10.0. The molecule has 2 aliphatic heterocycles. The second-order valence-electron chi connectivity index (χ2n) is 5.19. The average molecular weight is 330 g/mol. The highest BCUT2D eigenvalue weighted by atomic mass is 35.5. The van der Waals surface area contributed by atoms with Crippen molar-refractivity contribution in [3.8, 4) is 0 Å². The van der Waals surface area contributed by atoms with E-state index in [2.05, 4.69) is 5.32 Å². The fourth-order valence-electron chi connectivity index (χ4n) is 2.73. The van der Waals surface area contributed by atoms with Crippen molar-refractivity contribution in [2.24, 2.45) is 0 Å². The molecule has 0 aromatic rings. The molecule has 122 valence electrons. The van der Waals surface area contributed by atoms with E-state index >= 15 is 0 Å². The van der Waals surface area contributed by atoms with Crippen LogP contribution in [0.15, 0.2) is 0 Å². The smallest absolute Gasteiger partial charge is 0.340 e. The zero-order valence-corrected chi connectivity index (χ0v) is 12.3. The van der Waals surface area contributed by atoms with Crippen molar-refractivity contribution in [3.63, 3.8) is 0 Å². The third-order valence-corrected chi connectivity index (χ3v) is 3.67. The first-order valence-electron chi connectivity index (χ1n) is 6.71. The summed E-state index contributed by atoms with van der Waals surface area (Å²) < 4.78 is 36.8. The number of hydrogen-bond donors (Lipinski definition) is 1. The van der Waals surface area contributed by atoms with Gasteiger partial charge in [0, 0.05) is 32.2 Å². The van der Waals surface area contributed by atoms with Gasteiger partial charge in [-0.2, -0.15) is 13.2 Å². The maximum absolute atomic E-state index is 12.3. The molecule has 1 atom stereocenters. The number of nitrogens with one attached hydrogen (secondary N) is 1. The van der Waals surface area contributed by atoms with Gasteiger partial charge in [-0.05, 0) is 12.8 Å². The van der Waals surface area contributed by atoms with Crippen molar-refractivity contribution in [1.82, 2.24) is 15.1 Å².